The van der Waals surface area contributed by atoms with Gasteiger partial charge in [-0.1, -0.05) is 30.0 Å². The largest absolute Gasteiger partial charge is 0.298 e. The van der Waals surface area contributed by atoms with E-state index in [0.29, 0.717) is 16.7 Å². The maximum absolute atomic E-state index is 13.8. The van der Waals surface area contributed by atoms with E-state index in [-0.39, 0.29) is 0 Å². The third-order valence-electron chi connectivity index (χ3n) is 2.56. The highest BCUT2D eigenvalue weighted by atomic mass is 32.2. The molecule has 0 aliphatic rings. The number of halogens is 1. The van der Waals surface area contributed by atoms with Crippen LogP contribution < -0.4 is 0 Å². The molecule has 0 saturated carbocycles. The number of hydrogen-bond acceptors (Lipinski definition) is 4. The number of benzene rings is 2. The first kappa shape index (κ1) is 12.3. The van der Waals surface area contributed by atoms with Gasteiger partial charge in [-0.2, -0.15) is 0 Å². The second kappa shape index (κ2) is 5.11. The summed E-state index contributed by atoms with van der Waals surface area (Å²) in [7, 11) is 0. The van der Waals surface area contributed by atoms with Crippen molar-refractivity contribution in [3.05, 3.63) is 53.8 Å². The van der Waals surface area contributed by atoms with Crippen molar-refractivity contribution in [2.45, 2.75) is 9.24 Å². The van der Waals surface area contributed by atoms with Gasteiger partial charge >= 0.3 is 0 Å². The molecule has 94 valence electrons. The van der Waals surface area contributed by atoms with Crippen molar-refractivity contribution in [3.8, 4) is 0 Å². The first-order valence-electron chi connectivity index (χ1n) is 5.54. The van der Waals surface area contributed by atoms with E-state index < -0.39 is 5.82 Å². The Labute approximate surface area is 117 Å². The maximum Gasteiger partial charge on any atom is 0.156 e. The minimum absolute atomic E-state index is 0.339. The number of nitrogens with zero attached hydrogens (tertiary/aromatic N) is 1. The third kappa shape index (κ3) is 2.52. The normalized spacial score (nSPS) is 10.8. The first-order valence-corrected chi connectivity index (χ1v) is 7.18. The molecule has 0 unspecified atom stereocenters. The van der Waals surface area contributed by atoms with Gasteiger partial charge in [-0.25, -0.2) is 9.37 Å². The van der Waals surface area contributed by atoms with Gasteiger partial charge in [0.1, 0.15) is 12.1 Å². The van der Waals surface area contributed by atoms with Crippen molar-refractivity contribution in [2.75, 3.05) is 0 Å². The molecule has 5 heteroatoms. The number of carbonyl (C=O) groups is 1. The Morgan fingerprint density at radius 3 is 2.79 bits per heavy atom. The zero-order valence-electron chi connectivity index (χ0n) is 9.67. The lowest BCUT2D eigenvalue weighted by Crippen LogP contribution is -1.85. The van der Waals surface area contributed by atoms with Crippen molar-refractivity contribution in [1.82, 2.24) is 4.98 Å². The van der Waals surface area contributed by atoms with E-state index >= 15 is 0 Å². The number of aromatic nitrogens is 1. The molecule has 0 aliphatic heterocycles. The second-order valence-corrected chi connectivity index (χ2v) is 6.18. The van der Waals surface area contributed by atoms with Crippen LogP contribution in [0.5, 0.6) is 0 Å². The summed E-state index contributed by atoms with van der Waals surface area (Å²) in [5, 5.41) is 0. The molecular weight excluding hydrogens is 281 g/mol. The van der Waals surface area contributed by atoms with Crippen molar-refractivity contribution in [3.63, 3.8) is 0 Å². The fraction of sp³-hybridized carbons (Fsp3) is 0. The highest BCUT2D eigenvalue weighted by Crippen LogP contribution is 2.35. The molecule has 0 atom stereocenters. The lowest BCUT2D eigenvalue weighted by molar-refractivity contribution is 0.112. The van der Waals surface area contributed by atoms with Gasteiger partial charge in [0.25, 0.3) is 0 Å². The Balaban J connectivity index is 1.94. The number of para-hydroxylation sites is 1. The fourth-order valence-electron chi connectivity index (χ4n) is 1.66. The number of thiazole rings is 1. The SMILES string of the molecule is O=Cc1ccc(Sc2nc3ccccc3s2)c(F)c1. The smallest absolute Gasteiger partial charge is 0.156 e. The predicted molar refractivity (Wildman–Crippen MR) is 75.5 cm³/mol. The Morgan fingerprint density at radius 2 is 2.05 bits per heavy atom. The van der Waals surface area contributed by atoms with E-state index in [4.69, 9.17) is 0 Å². The van der Waals surface area contributed by atoms with Gasteiger partial charge in [0, 0.05) is 5.56 Å². The molecule has 0 saturated heterocycles. The molecule has 19 heavy (non-hydrogen) atoms. The van der Waals surface area contributed by atoms with E-state index in [9.17, 15) is 9.18 Å². The molecule has 3 rings (SSSR count). The van der Waals surface area contributed by atoms with Gasteiger partial charge in [-0.05, 0) is 24.3 Å². The van der Waals surface area contributed by atoms with Crippen LogP contribution in [0.2, 0.25) is 0 Å². The van der Waals surface area contributed by atoms with Crippen LogP contribution in [0.4, 0.5) is 4.39 Å². The molecule has 0 amide bonds. The molecular formula is C14H8FNOS2. The fourth-order valence-corrected chi connectivity index (χ4v) is 3.69. The topological polar surface area (TPSA) is 30.0 Å². The maximum atomic E-state index is 13.8. The molecule has 0 aliphatic carbocycles. The van der Waals surface area contributed by atoms with Gasteiger partial charge in [0.2, 0.25) is 0 Å². The Hall–Kier alpha value is -1.72. The monoisotopic (exact) mass is 289 g/mol. The average Bonchev–Trinajstić information content (AvgIpc) is 2.83. The van der Waals surface area contributed by atoms with Crippen LogP contribution >= 0.6 is 23.1 Å². The van der Waals surface area contributed by atoms with Gasteiger partial charge in [0.15, 0.2) is 4.34 Å². The molecule has 2 nitrogen and oxygen atoms in total. The summed E-state index contributed by atoms with van der Waals surface area (Å²) in [5.74, 6) is -0.395. The zero-order valence-corrected chi connectivity index (χ0v) is 11.3. The summed E-state index contributed by atoms with van der Waals surface area (Å²) in [6.45, 7) is 0. The lowest BCUT2D eigenvalue weighted by Gasteiger charge is -2.00. The van der Waals surface area contributed by atoms with Crippen LogP contribution in [-0.4, -0.2) is 11.3 Å². The number of hydrogen-bond donors (Lipinski definition) is 0. The third-order valence-corrected chi connectivity index (χ3v) is 4.71. The molecule has 1 heterocycles. The quantitative estimate of drug-likeness (QED) is 0.669. The molecule has 3 aromatic rings. The van der Waals surface area contributed by atoms with Gasteiger partial charge < -0.3 is 0 Å². The summed E-state index contributed by atoms with van der Waals surface area (Å²) in [4.78, 5) is 15.5. The van der Waals surface area contributed by atoms with Crippen LogP contribution in [0.3, 0.4) is 0 Å². The molecule has 0 N–H and O–H groups in total. The van der Waals surface area contributed by atoms with Crippen LogP contribution in [-0.2, 0) is 0 Å². The van der Waals surface area contributed by atoms with Crippen LogP contribution in [0.25, 0.3) is 10.2 Å². The molecule has 0 radical (unpaired) electrons. The van der Waals surface area contributed by atoms with E-state index in [1.807, 2.05) is 24.3 Å². The lowest BCUT2D eigenvalue weighted by atomic mass is 10.2. The summed E-state index contributed by atoms with van der Waals surface area (Å²) >= 11 is 2.80. The molecule has 1 aromatic heterocycles. The molecule has 0 spiro atoms. The highest BCUT2D eigenvalue weighted by Gasteiger charge is 2.09. The summed E-state index contributed by atoms with van der Waals surface area (Å²) < 4.78 is 15.6. The second-order valence-electron chi connectivity index (χ2n) is 3.86. The van der Waals surface area contributed by atoms with Crippen molar-refractivity contribution in [2.24, 2.45) is 0 Å². The average molecular weight is 289 g/mol. The standard InChI is InChI=1S/C14H8FNOS2/c15-10-7-9(8-17)5-6-12(10)18-14-16-11-3-1-2-4-13(11)19-14/h1-8H. The van der Waals surface area contributed by atoms with Crippen molar-refractivity contribution < 1.29 is 9.18 Å². The van der Waals surface area contributed by atoms with E-state index in [0.717, 1.165) is 14.6 Å². The summed E-state index contributed by atoms with van der Waals surface area (Å²) in [6.07, 6.45) is 0.634. The van der Waals surface area contributed by atoms with Crippen LogP contribution in [0.1, 0.15) is 10.4 Å². The number of rotatable bonds is 3. The molecule has 0 fully saturated rings. The zero-order chi connectivity index (χ0) is 13.2. The minimum Gasteiger partial charge on any atom is -0.298 e. The molecule has 0 bridgehead atoms. The van der Waals surface area contributed by atoms with Crippen LogP contribution in [0.15, 0.2) is 51.7 Å². The Morgan fingerprint density at radius 1 is 1.21 bits per heavy atom. The van der Waals surface area contributed by atoms with E-state index in [2.05, 4.69) is 4.98 Å². The minimum atomic E-state index is -0.395. The molecule has 2 aromatic carbocycles. The van der Waals surface area contributed by atoms with E-state index in [1.54, 1.807) is 12.1 Å². The van der Waals surface area contributed by atoms with Crippen molar-refractivity contribution >= 4 is 39.6 Å². The number of fused-ring (bicyclic) bond motifs is 1. The van der Waals surface area contributed by atoms with E-state index in [1.165, 1.54) is 29.2 Å². The number of aldehydes is 1. The number of carbonyl (C=O) groups excluding carboxylic acids is 1. The van der Waals surface area contributed by atoms with Gasteiger partial charge in [-0.15, -0.1) is 11.3 Å². The van der Waals surface area contributed by atoms with Crippen LogP contribution in [0, 0.1) is 5.82 Å². The predicted octanol–water partition coefficient (Wildman–Crippen LogP) is 4.40. The summed E-state index contributed by atoms with van der Waals surface area (Å²) in [6, 6.07) is 12.2. The highest BCUT2D eigenvalue weighted by molar-refractivity contribution is 8.01. The Bertz CT molecular complexity index is 721. The van der Waals surface area contributed by atoms with Gasteiger partial charge in [0.05, 0.1) is 15.1 Å². The Kier molecular flexibility index (Phi) is 3.31. The first-order chi connectivity index (χ1) is 9.26. The summed E-state index contributed by atoms with van der Waals surface area (Å²) in [5.41, 5.74) is 1.26. The van der Waals surface area contributed by atoms with Gasteiger partial charge in [-0.3, -0.25) is 4.79 Å². The van der Waals surface area contributed by atoms with Crippen molar-refractivity contribution in [1.29, 1.82) is 0 Å².